The molecule has 148 valence electrons. The summed E-state index contributed by atoms with van der Waals surface area (Å²) in [6, 6.07) is 0. The predicted octanol–water partition coefficient (Wildman–Crippen LogP) is -0.677. The minimum Gasteiger partial charge on any atom is -0.542 e. The van der Waals surface area contributed by atoms with Gasteiger partial charge in [-0.3, -0.25) is 9.59 Å². The fourth-order valence-electron chi connectivity index (χ4n) is 3.52. The van der Waals surface area contributed by atoms with E-state index in [0.717, 1.165) is 71.0 Å². The summed E-state index contributed by atoms with van der Waals surface area (Å²) in [6.45, 7) is 1.57. The summed E-state index contributed by atoms with van der Waals surface area (Å²) in [4.78, 5) is 34.3. The van der Waals surface area contributed by atoms with E-state index in [1.165, 1.54) is 6.42 Å². The molecule has 0 radical (unpaired) electrons. The van der Waals surface area contributed by atoms with E-state index in [1.807, 2.05) is 0 Å². The molecular formula is C20H31LiO6. The van der Waals surface area contributed by atoms with Crippen LogP contribution in [-0.4, -0.2) is 37.0 Å². The van der Waals surface area contributed by atoms with Crippen molar-refractivity contribution in [1.29, 1.82) is 0 Å². The number of unbranched alkanes of at least 4 members (excludes halogenated alkanes) is 6. The number of aliphatic carboxylic acids is 1. The first-order valence-corrected chi connectivity index (χ1v) is 10.1. The van der Waals surface area contributed by atoms with Crippen LogP contribution in [0.15, 0.2) is 0 Å². The molecule has 2 rings (SSSR count). The molecule has 1 unspecified atom stereocenters. The second-order valence-corrected chi connectivity index (χ2v) is 7.51. The molecule has 1 saturated heterocycles. The maximum Gasteiger partial charge on any atom is 1.00 e. The van der Waals surface area contributed by atoms with E-state index in [-0.39, 0.29) is 30.9 Å². The summed E-state index contributed by atoms with van der Waals surface area (Å²) in [6.07, 6.45) is 11.5. The Balaban J connectivity index is 0.00000364. The van der Waals surface area contributed by atoms with E-state index in [4.69, 9.17) is 9.47 Å². The molecule has 1 aliphatic heterocycles. The zero-order valence-corrected chi connectivity index (χ0v) is 16.6. The Morgan fingerprint density at radius 3 is 2.15 bits per heavy atom. The summed E-state index contributed by atoms with van der Waals surface area (Å²) in [5.41, 5.74) is -1.24. The van der Waals surface area contributed by atoms with E-state index in [1.54, 1.807) is 0 Å². The Hall–Kier alpha value is -0.673. The minimum atomic E-state index is -1.73. The molecule has 0 aromatic carbocycles. The third kappa shape index (κ3) is 8.07. The maximum absolute atomic E-state index is 12.1. The molecule has 6 nitrogen and oxygen atoms in total. The van der Waals surface area contributed by atoms with Gasteiger partial charge in [-0.25, -0.2) is 0 Å². The predicted molar refractivity (Wildman–Crippen MR) is 93.2 cm³/mol. The summed E-state index contributed by atoms with van der Waals surface area (Å²) in [7, 11) is 0. The number of carbonyl (C=O) groups is 3. The van der Waals surface area contributed by atoms with Crippen LogP contribution >= 0.6 is 0 Å². The minimum absolute atomic E-state index is 0. The summed E-state index contributed by atoms with van der Waals surface area (Å²) < 4.78 is 11.2. The SMILES string of the molecule is O=C([O-])C(=O)C1(C(=O)CCCCCCCCCOC2CCCCO2)CC1.[Li+]. The average Bonchev–Trinajstić information content (AvgIpc) is 3.45. The number of hydrogen-bond donors (Lipinski definition) is 0. The van der Waals surface area contributed by atoms with Crippen molar-refractivity contribution in [2.45, 2.75) is 89.8 Å². The van der Waals surface area contributed by atoms with Crippen LogP contribution in [0.25, 0.3) is 0 Å². The second-order valence-electron chi connectivity index (χ2n) is 7.51. The molecule has 0 bridgehead atoms. The standard InChI is InChI=1S/C20H32O6.Li/c21-16(20(12-13-20)18(22)19(23)24)10-6-4-2-1-3-5-8-14-25-17-11-7-9-15-26-17;/h17H,1-15H2,(H,23,24);/q;+1/p-1. The first kappa shape index (κ1) is 24.4. The number of carboxylic acid groups (broad SMARTS) is 1. The molecule has 0 aromatic heterocycles. The van der Waals surface area contributed by atoms with Crippen LogP contribution in [0, 0.1) is 5.41 Å². The fraction of sp³-hybridized carbons (Fsp3) is 0.850. The molecule has 0 spiro atoms. The van der Waals surface area contributed by atoms with Gasteiger partial charge in [0, 0.05) is 19.6 Å². The van der Waals surface area contributed by atoms with Crippen molar-refractivity contribution in [3.05, 3.63) is 0 Å². The van der Waals surface area contributed by atoms with Crippen LogP contribution in [0.2, 0.25) is 0 Å². The maximum atomic E-state index is 12.1. The van der Waals surface area contributed by atoms with E-state index < -0.39 is 17.2 Å². The molecule has 2 aliphatic rings. The van der Waals surface area contributed by atoms with Gasteiger partial charge in [-0.05, 0) is 44.9 Å². The normalized spacial score (nSPS) is 20.5. The number of ether oxygens (including phenoxy) is 2. The van der Waals surface area contributed by atoms with Crippen LogP contribution in [0.5, 0.6) is 0 Å². The number of carboxylic acids is 1. The average molecular weight is 374 g/mol. The van der Waals surface area contributed by atoms with Gasteiger partial charge in [-0.1, -0.05) is 32.1 Å². The molecule has 0 amide bonds. The Morgan fingerprint density at radius 1 is 0.963 bits per heavy atom. The molecule has 0 aromatic rings. The van der Waals surface area contributed by atoms with Crippen molar-refractivity contribution in [3.8, 4) is 0 Å². The molecule has 1 atom stereocenters. The Labute approximate surface area is 173 Å². The van der Waals surface area contributed by atoms with Gasteiger partial charge in [0.1, 0.15) is 11.8 Å². The van der Waals surface area contributed by atoms with Gasteiger partial charge in [-0.15, -0.1) is 0 Å². The Morgan fingerprint density at radius 2 is 1.59 bits per heavy atom. The number of hydrogen-bond acceptors (Lipinski definition) is 6. The van der Waals surface area contributed by atoms with Gasteiger partial charge in [-0.2, -0.15) is 0 Å². The van der Waals surface area contributed by atoms with E-state index in [9.17, 15) is 19.5 Å². The molecule has 2 fully saturated rings. The summed E-state index contributed by atoms with van der Waals surface area (Å²) in [5.74, 6) is -2.97. The quantitative estimate of drug-likeness (QED) is 0.173. The van der Waals surface area contributed by atoms with Gasteiger partial charge < -0.3 is 19.4 Å². The van der Waals surface area contributed by atoms with Gasteiger partial charge in [0.05, 0.1) is 5.41 Å². The number of ketones is 2. The third-order valence-corrected chi connectivity index (χ3v) is 5.39. The summed E-state index contributed by atoms with van der Waals surface area (Å²) >= 11 is 0. The Bertz CT molecular complexity index is 483. The Kier molecular flexibility index (Phi) is 11.5. The topological polar surface area (TPSA) is 92.7 Å². The van der Waals surface area contributed by atoms with Gasteiger partial charge in [0.25, 0.3) is 0 Å². The first-order valence-electron chi connectivity index (χ1n) is 10.1. The van der Waals surface area contributed by atoms with E-state index >= 15 is 0 Å². The molecule has 7 heteroatoms. The van der Waals surface area contributed by atoms with Crippen molar-refractivity contribution in [2.75, 3.05) is 13.2 Å². The monoisotopic (exact) mass is 374 g/mol. The zero-order valence-electron chi connectivity index (χ0n) is 16.6. The van der Waals surface area contributed by atoms with Gasteiger partial charge in [0.15, 0.2) is 12.1 Å². The first-order chi connectivity index (χ1) is 12.6. The van der Waals surface area contributed by atoms with E-state index in [2.05, 4.69) is 0 Å². The van der Waals surface area contributed by atoms with Crippen molar-refractivity contribution in [1.82, 2.24) is 0 Å². The van der Waals surface area contributed by atoms with Gasteiger partial charge in [0.2, 0.25) is 0 Å². The number of Topliss-reactive ketones (excluding diaryl/α,β-unsaturated/α-hetero) is 2. The van der Waals surface area contributed by atoms with Crippen LogP contribution in [-0.2, 0) is 23.9 Å². The molecular weight excluding hydrogens is 343 g/mol. The largest absolute Gasteiger partial charge is 1.00 e. The molecule has 27 heavy (non-hydrogen) atoms. The van der Waals surface area contributed by atoms with Crippen LogP contribution in [0.4, 0.5) is 0 Å². The van der Waals surface area contributed by atoms with Crippen molar-refractivity contribution in [3.63, 3.8) is 0 Å². The molecule has 1 aliphatic carbocycles. The van der Waals surface area contributed by atoms with Crippen LogP contribution < -0.4 is 24.0 Å². The smallest absolute Gasteiger partial charge is 0.542 e. The van der Waals surface area contributed by atoms with E-state index in [0.29, 0.717) is 19.3 Å². The van der Waals surface area contributed by atoms with Crippen molar-refractivity contribution >= 4 is 17.5 Å². The zero-order chi connectivity index (χ0) is 18.8. The molecule has 1 heterocycles. The third-order valence-electron chi connectivity index (χ3n) is 5.39. The second kappa shape index (κ2) is 12.7. The van der Waals surface area contributed by atoms with Gasteiger partial charge >= 0.3 is 18.9 Å². The van der Waals surface area contributed by atoms with Crippen molar-refractivity contribution < 1.29 is 47.8 Å². The summed E-state index contributed by atoms with van der Waals surface area (Å²) in [5, 5.41) is 10.7. The van der Waals surface area contributed by atoms with Crippen LogP contribution in [0.1, 0.15) is 83.5 Å². The molecule has 1 saturated carbocycles. The number of carbonyl (C=O) groups excluding carboxylic acids is 3. The molecule has 0 N–H and O–H groups in total. The van der Waals surface area contributed by atoms with Crippen LogP contribution in [0.3, 0.4) is 0 Å². The van der Waals surface area contributed by atoms with Crippen molar-refractivity contribution in [2.24, 2.45) is 5.41 Å². The number of rotatable bonds is 14. The fourth-order valence-corrected chi connectivity index (χ4v) is 3.52.